The van der Waals surface area contributed by atoms with Gasteiger partial charge in [-0.25, -0.2) is 0 Å². The van der Waals surface area contributed by atoms with Gasteiger partial charge in [-0.3, -0.25) is 5.41 Å². The fourth-order valence-corrected chi connectivity index (χ4v) is 0.250. The lowest BCUT2D eigenvalue weighted by Crippen LogP contribution is -1.88. The first-order valence-corrected chi connectivity index (χ1v) is 2.70. The predicted molar refractivity (Wildman–Crippen MR) is 28.3 cm³/mol. The van der Waals surface area contributed by atoms with Crippen LogP contribution in [0.2, 0.25) is 0 Å². The monoisotopic (exact) mass is 105 g/mol. The molecule has 0 heterocycles. The lowest BCUT2D eigenvalue weighted by molar-refractivity contribution is 0.413. The van der Waals surface area contributed by atoms with E-state index in [1.54, 1.807) is 6.26 Å². The zero-order valence-electron chi connectivity index (χ0n) is 3.82. The summed E-state index contributed by atoms with van der Waals surface area (Å²) in [6, 6.07) is 0. The van der Waals surface area contributed by atoms with Gasteiger partial charge in [-0.05, 0) is 6.26 Å². The van der Waals surface area contributed by atoms with E-state index in [4.69, 9.17) is 5.41 Å². The summed E-state index contributed by atoms with van der Waals surface area (Å²) in [6.45, 7) is 0. The third-order valence-corrected chi connectivity index (χ3v) is 0.908. The standard InChI is InChI=1S/C3H7NOS/c1-5-3(4)6-2/h4H,1-2H3. The molecule has 0 atom stereocenters. The van der Waals surface area contributed by atoms with E-state index in [1.165, 1.54) is 18.9 Å². The molecule has 0 aliphatic carbocycles. The first-order valence-electron chi connectivity index (χ1n) is 1.47. The van der Waals surface area contributed by atoms with Crippen LogP contribution in [0.25, 0.3) is 0 Å². The number of rotatable bonds is 0. The van der Waals surface area contributed by atoms with Gasteiger partial charge in [0.1, 0.15) is 0 Å². The molecule has 0 fully saturated rings. The zero-order chi connectivity index (χ0) is 4.99. The van der Waals surface area contributed by atoms with Crippen molar-refractivity contribution in [2.45, 2.75) is 0 Å². The van der Waals surface area contributed by atoms with E-state index in [0.717, 1.165) is 0 Å². The van der Waals surface area contributed by atoms with E-state index < -0.39 is 0 Å². The Morgan fingerprint density at radius 2 is 2.33 bits per heavy atom. The number of hydrogen-bond donors (Lipinski definition) is 1. The molecular weight excluding hydrogens is 98.1 g/mol. The Balaban J connectivity index is 2.99. The predicted octanol–water partition coefficient (Wildman–Crippen LogP) is 0.931. The molecule has 0 spiro atoms. The molecule has 0 aliphatic heterocycles. The van der Waals surface area contributed by atoms with Crippen molar-refractivity contribution in [3.05, 3.63) is 0 Å². The Bertz CT molecular complexity index is 48.8. The summed E-state index contributed by atoms with van der Waals surface area (Å²) in [5, 5.41) is 6.99. The number of nitrogens with one attached hydrogen (secondary N) is 1. The van der Waals surface area contributed by atoms with E-state index in [9.17, 15) is 0 Å². The third-order valence-electron chi connectivity index (χ3n) is 0.371. The fraction of sp³-hybridized carbons (Fsp3) is 0.667. The summed E-state index contributed by atoms with van der Waals surface area (Å²) in [5.74, 6) is 0. The van der Waals surface area contributed by atoms with Crippen LogP contribution in [0.15, 0.2) is 0 Å². The van der Waals surface area contributed by atoms with Crippen molar-refractivity contribution in [1.82, 2.24) is 0 Å². The largest absolute Gasteiger partial charge is 0.477 e. The molecule has 0 aromatic heterocycles. The topological polar surface area (TPSA) is 33.1 Å². The first kappa shape index (κ1) is 5.82. The summed E-state index contributed by atoms with van der Waals surface area (Å²) < 4.78 is 4.45. The maximum atomic E-state index is 6.73. The molecule has 2 nitrogen and oxygen atoms in total. The summed E-state index contributed by atoms with van der Waals surface area (Å²) in [7, 11) is 1.48. The molecular formula is C3H7NOS. The summed E-state index contributed by atoms with van der Waals surface area (Å²) >= 11 is 1.29. The van der Waals surface area contributed by atoms with Gasteiger partial charge in [0, 0.05) is 0 Å². The quantitative estimate of drug-likeness (QED) is 0.367. The highest BCUT2D eigenvalue weighted by molar-refractivity contribution is 8.12. The first-order chi connectivity index (χ1) is 2.81. The lowest BCUT2D eigenvalue weighted by atomic mass is 11.4. The Morgan fingerprint density at radius 3 is 2.33 bits per heavy atom. The van der Waals surface area contributed by atoms with E-state index in [1.807, 2.05) is 0 Å². The van der Waals surface area contributed by atoms with Crippen LogP contribution in [0.1, 0.15) is 0 Å². The maximum Gasteiger partial charge on any atom is 0.242 e. The minimum absolute atomic E-state index is 0.259. The summed E-state index contributed by atoms with van der Waals surface area (Å²) in [4.78, 5) is 0. The van der Waals surface area contributed by atoms with Gasteiger partial charge in [0.25, 0.3) is 0 Å². The Morgan fingerprint density at radius 1 is 1.83 bits per heavy atom. The minimum atomic E-state index is 0.259. The normalized spacial score (nSPS) is 7.67. The van der Waals surface area contributed by atoms with Crippen LogP contribution in [0.5, 0.6) is 0 Å². The van der Waals surface area contributed by atoms with Crippen LogP contribution in [0.4, 0.5) is 0 Å². The number of hydrogen-bond acceptors (Lipinski definition) is 3. The van der Waals surface area contributed by atoms with Crippen LogP contribution in [-0.2, 0) is 4.74 Å². The molecule has 0 aromatic rings. The van der Waals surface area contributed by atoms with Gasteiger partial charge >= 0.3 is 0 Å². The molecule has 0 bridgehead atoms. The molecule has 36 valence electrons. The molecule has 0 radical (unpaired) electrons. The fourth-order valence-electron chi connectivity index (χ4n) is 0.0833. The van der Waals surface area contributed by atoms with E-state index in [2.05, 4.69) is 4.74 Å². The van der Waals surface area contributed by atoms with Crippen molar-refractivity contribution in [3.8, 4) is 0 Å². The minimum Gasteiger partial charge on any atom is -0.477 e. The van der Waals surface area contributed by atoms with Gasteiger partial charge in [0.05, 0.1) is 7.11 Å². The van der Waals surface area contributed by atoms with E-state index in [-0.39, 0.29) is 5.23 Å². The van der Waals surface area contributed by atoms with Crippen LogP contribution in [0.3, 0.4) is 0 Å². The Hall–Kier alpha value is -0.180. The zero-order valence-corrected chi connectivity index (χ0v) is 4.63. The van der Waals surface area contributed by atoms with Crippen molar-refractivity contribution < 1.29 is 4.74 Å². The van der Waals surface area contributed by atoms with E-state index in [0.29, 0.717) is 0 Å². The second-order valence-electron chi connectivity index (χ2n) is 0.696. The second-order valence-corrected chi connectivity index (χ2v) is 1.47. The highest BCUT2D eigenvalue weighted by atomic mass is 32.2. The summed E-state index contributed by atoms with van der Waals surface area (Å²) in [6.07, 6.45) is 1.80. The van der Waals surface area contributed by atoms with Crippen LogP contribution in [-0.4, -0.2) is 18.6 Å². The third kappa shape index (κ3) is 2.08. The molecule has 0 rings (SSSR count). The average molecular weight is 105 g/mol. The highest BCUT2D eigenvalue weighted by Crippen LogP contribution is 1.92. The van der Waals surface area contributed by atoms with Crippen LogP contribution >= 0.6 is 11.8 Å². The Labute approximate surface area is 41.4 Å². The van der Waals surface area contributed by atoms with Crippen LogP contribution in [0, 0.1) is 5.41 Å². The van der Waals surface area contributed by atoms with Crippen molar-refractivity contribution in [1.29, 1.82) is 5.41 Å². The van der Waals surface area contributed by atoms with Gasteiger partial charge in [0.15, 0.2) is 0 Å². The molecule has 0 aromatic carbocycles. The average Bonchev–Trinajstić information content (AvgIpc) is 1.65. The number of methoxy groups -OCH3 is 1. The van der Waals surface area contributed by atoms with Gasteiger partial charge in [-0.1, -0.05) is 11.8 Å². The van der Waals surface area contributed by atoms with Crippen molar-refractivity contribution in [3.63, 3.8) is 0 Å². The molecule has 0 aliphatic rings. The molecule has 6 heavy (non-hydrogen) atoms. The number of ether oxygens (including phenoxy) is 1. The van der Waals surface area contributed by atoms with Gasteiger partial charge in [-0.15, -0.1) is 0 Å². The van der Waals surface area contributed by atoms with Crippen molar-refractivity contribution in [2.24, 2.45) is 0 Å². The molecule has 0 saturated heterocycles. The van der Waals surface area contributed by atoms with Crippen LogP contribution < -0.4 is 0 Å². The van der Waals surface area contributed by atoms with Crippen molar-refractivity contribution in [2.75, 3.05) is 13.4 Å². The highest BCUT2D eigenvalue weighted by Gasteiger charge is 1.82. The maximum absolute atomic E-state index is 6.73. The van der Waals surface area contributed by atoms with Gasteiger partial charge < -0.3 is 4.74 Å². The van der Waals surface area contributed by atoms with Crippen molar-refractivity contribution >= 4 is 17.0 Å². The summed E-state index contributed by atoms with van der Waals surface area (Å²) in [5.41, 5.74) is 0. The SMILES string of the molecule is COC(=N)SC. The van der Waals surface area contributed by atoms with Gasteiger partial charge in [-0.2, -0.15) is 0 Å². The molecule has 3 heteroatoms. The second kappa shape index (κ2) is 3.03. The number of thioether (sulfide) groups is 1. The molecule has 1 N–H and O–H groups in total. The molecule has 0 unspecified atom stereocenters. The molecule has 0 amide bonds. The Kier molecular flexibility index (Phi) is 2.94. The van der Waals surface area contributed by atoms with E-state index >= 15 is 0 Å². The smallest absolute Gasteiger partial charge is 0.242 e. The molecule has 0 saturated carbocycles. The lowest BCUT2D eigenvalue weighted by Gasteiger charge is -1.91. The van der Waals surface area contributed by atoms with Gasteiger partial charge in [0.2, 0.25) is 5.23 Å².